The average molecular weight is 332 g/mol. The molecule has 0 radical (unpaired) electrons. The zero-order valence-corrected chi connectivity index (χ0v) is 14.0. The van der Waals surface area contributed by atoms with Crippen molar-refractivity contribution in [1.29, 1.82) is 0 Å². The van der Waals surface area contributed by atoms with Gasteiger partial charge in [0, 0.05) is 37.1 Å². The summed E-state index contributed by atoms with van der Waals surface area (Å²) in [5.74, 6) is 2.44. The molecule has 1 aromatic carbocycles. The molecule has 0 aliphatic carbocycles. The van der Waals surface area contributed by atoms with E-state index in [9.17, 15) is 4.79 Å². The fourth-order valence-corrected chi connectivity index (χ4v) is 3.44. The summed E-state index contributed by atoms with van der Waals surface area (Å²) in [5, 5.41) is 1.87. The first-order valence-corrected chi connectivity index (χ1v) is 8.83. The summed E-state index contributed by atoms with van der Waals surface area (Å²) in [4.78, 5) is 19.0. The van der Waals surface area contributed by atoms with Crippen LogP contribution in [0.1, 0.15) is 10.5 Å². The number of hydrogen-bond donors (Lipinski definition) is 0. The van der Waals surface area contributed by atoms with E-state index in [2.05, 4.69) is 4.98 Å². The Labute approximate surface area is 140 Å². The zero-order chi connectivity index (χ0) is 16.1. The van der Waals surface area contributed by atoms with Gasteiger partial charge in [-0.15, -0.1) is 0 Å². The molecule has 1 aliphatic rings. The van der Waals surface area contributed by atoms with Crippen LogP contribution in [0.25, 0.3) is 10.8 Å². The first-order valence-electron chi connectivity index (χ1n) is 7.68. The number of fused-ring (bicyclic) bond motifs is 1. The molecule has 0 spiro atoms. The van der Waals surface area contributed by atoms with E-state index in [1.165, 1.54) is 0 Å². The number of ether oxygens (including phenoxy) is 2. The van der Waals surface area contributed by atoms with Gasteiger partial charge in [-0.3, -0.25) is 4.79 Å². The smallest absolute Gasteiger partial charge is 0.272 e. The van der Waals surface area contributed by atoms with Crippen molar-refractivity contribution in [3.63, 3.8) is 0 Å². The lowest BCUT2D eigenvalue weighted by Gasteiger charge is -2.26. The van der Waals surface area contributed by atoms with Crippen LogP contribution in [0.4, 0.5) is 0 Å². The fourth-order valence-electron chi connectivity index (χ4n) is 2.54. The molecule has 1 amide bonds. The number of carbonyl (C=O) groups excluding carboxylic acids is 1. The number of amides is 1. The number of hydrogen-bond acceptors (Lipinski definition) is 5. The van der Waals surface area contributed by atoms with Crippen LogP contribution in [0.3, 0.4) is 0 Å². The molecule has 1 aromatic heterocycles. The summed E-state index contributed by atoms with van der Waals surface area (Å²) in [6.45, 7) is 2.44. The highest BCUT2D eigenvalue weighted by Gasteiger charge is 2.21. The van der Waals surface area contributed by atoms with Crippen molar-refractivity contribution in [3.8, 4) is 5.88 Å². The van der Waals surface area contributed by atoms with Crippen LogP contribution in [-0.4, -0.2) is 60.7 Å². The number of benzene rings is 1. The first kappa shape index (κ1) is 16.1. The number of thioether (sulfide) groups is 1. The van der Waals surface area contributed by atoms with E-state index in [0.717, 1.165) is 35.4 Å². The molecule has 0 saturated carbocycles. The summed E-state index contributed by atoms with van der Waals surface area (Å²) in [7, 11) is 1.63. The highest BCUT2D eigenvalue weighted by atomic mass is 32.2. The van der Waals surface area contributed by atoms with E-state index in [0.29, 0.717) is 24.8 Å². The molecule has 2 heterocycles. The first-order chi connectivity index (χ1) is 11.3. The molecule has 2 aromatic rings. The highest BCUT2D eigenvalue weighted by molar-refractivity contribution is 7.99. The third-order valence-electron chi connectivity index (χ3n) is 3.75. The van der Waals surface area contributed by atoms with Gasteiger partial charge in [-0.05, 0) is 17.5 Å². The fraction of sp³-hybridized carbons (Fsp3) is 0.412. The van der Waals surface area contributed by atoms with Crippen molar-refractivity contribution < 1.29 is 14.3 Å². The lowest BCUT2D eigenvalue weighted by Crippen LogP contribution is -2.38. The number of methoxy groups -OCH3 is 1. The lowest BCUT2D eigenvalue weighted by molar-refractivity contribution is 0.0765. The van der Waals surface area contributed by atoms with E-state index in [4.69, 9.17) is 9.47 Å². The Bertz CT molecular complexity index is 687. The molecule has 1 fully saturated rings. The topological polar surface area (TPSA) is 51.7 Å². The molecule has 1 aliphatic heterocycles. The quantitative estimate of drug-likeness (QED) is 0.787. The predicted molar refractivity (Wildman–Crippen MR) is 92.3 cm³/mol. The Kier molecular flexibility index (Phi) is 5.35. The van der Waals surface area contributed by atoms with Gasteiger partial charge < -0.3 is 14.4 Å². The van der Waals surface area contributed by atoms with Crippen molar-refractivity contribution in [2.75, 3.05) is 44.9 Å². The summed E-state index contributed by atoms with van der Waals surface area (Å²) in [5.41, 5.74) is 0.447. The number of rotatable bonds is 5. The molecule has 23 heavy (non-hydrogen) atoms. The van der Waals surface area contributed by atoms with E-state index in [1.807, 2.05) is 47.0 Å². The summed E-state index contributed by atoms with van der Waals surface area (Å²) in [6, 6.07) is 9.67. The molecular weight excluding hydrogens is 312 g/mol. The van der Waals surface area contributed by atoms with E-state index < -0.39 is 0 Å². The lowest BCUT2D eigenvalue weighted by atomic mass is 10.1. The molecule has 0 atom stereocenters. The van der Waals surface area contributed by atoms with Gasteiger partial charge >= 0.3 is 0 Å². The molecule has 6 heteroatoms. The SMILES string of the molecule is COCCOc1nc(C(=O)N2CCSCC2)cc2ccccc12. The minimum atomic E-state index is -0.0207. The van der Waals surface area contributed by atoms with Gasteiger partial charge in [0.2, 0.25) is 5.88 Å². The normalized spacial score (nSPS) is 14.9. The van der Waals surface area contributed by atoms with Gasteiger partial charge in [0.25, 0.3) is 5.91 Å². The number of pyridine rings is 1. The molecular formula is C17H20N2O3S. The second kappa shape index (κ2) is 7.66. The Morgan fingerprint density at radius 1 is 1.26 bits per heavy atom. The second-order valence-electron chi connectivity index (χ2n) is 5.28. The highest BCUT2D eigenvalue weighted by Crippen LogP contribution is 2.25. The summed E-state index contributed by atoms with van der Waals surface area (Å²) >= 11 is 1.88. The van der Waals surface area contributed by atoms with Crippen LogP contribution < -0.4 is 4.74 Å². The Morgan fingerprint density at radius 2 is 2.04 bits per heavy atom. The maximum Gasteiger partial charge on any atom is 0.272 e. The maximum absolute atomic E-state index is 12.7. The number of aromatic nitrogens is 1. The van der Waals surface area contributed by atoms with Crippen LogP contribution in [0.5, 0.6) is 5.88 Å². The van der Waals surface area contributed by atoms with Gasteiger partial charge in [-0.2, -0.15) is 11.8 Å². The monoisotopic (exact) mass is 332 g/mol. The minimum absolute atomic E-state index is 0.0207. The molecule has 1 saturated heterocycles. The Balaban J connectivity index is 1.91. The average Bonchev–Trinajstić information content (AvgIpc) is 2.62. The van der Waals surface area contributed by atoms with Crippen LogP contribution in [0.2, 0.25) is 0 Å². The van der Waals surface area contributed by atoms with Crippen molar-refractivity contribution >= 4 is 28.4 Å². The van der Waals surface area contributed by atoms with Gasteiger partial charge in [-0.25, -0.2) is 4.98 Å². The van der Waals surface area contributed by atoms with Crippen molar-refractivity contribution in [2.45, 2.75) is 0 Å². The maximum atomic E-state index is 12.7. The van der Waals surface area contributed by atoms with E-state index in [1.54, 1.807) is 7.11 Å². The van der Waals surface area contributed by atoms with Crippen molar-refractivity contribution in [3.05, 3.63) is 36.0 Å². The van der Waals surface area contributed by atoms with Crippen molar-refractivity contribution in [1.82, 2.24) is 9.88 Å². The molecule has 0 bridgehead atoms. The zero-order valence-electron chi connectivity index (χ0n) is 13.2. The van der Waals surface area contributed by atoms with Gasteiger partial charge in [0.15, 0.2) is 0 Å². The Hall–Kier alpha value is -1.79. The summed E-state index contributed by atoms with van der Waals surface area (Å²) in [6.07, 6.45) is 0. The second-order valence-corrected chi connectivity index (χ2v) is 6.50. The van der Waals surface area contributed by atoms with E-state index >= 15 is 0 Å². The molecule has 5 nitrogen and oxygen atoms in total. The van der Waals surface area contributed by atoms with Crippen LogP contribution in [-0.2, 0) is 4.74 Å². The Morgan fingerprint density at radius 3 is 2.83 bits per heavy atom. The molecule has 0 unspecified atom stereocenters. The molecule has 0 N–H and O–H groups in total. The predicted octanol–water partition coefficient (Wildman–Crippen LogP) is 2.45. The largest absolute Gasteiger partial charge is 0.475 e. The molecule has 3 rings (SSSR count). The van der Waals surface area contributed by atoms with Gasteiger partial charge in [0.05, 0.1) is 6.61 Å². The standard InChI is InChI=1S/C17H20N2O3S/c1-21-8-9-22-16-14-5-3-2-4-13(14)12-15(18-16)17(20)19-6-10-23-11-7-19/h2-5,12H,6-11H2,1H3. The number of nitrogens with zero attached hydrogens (tertiary/aromatic N) is 2. The van der Waals surface area contributed by atoms with Gasteiger partial charge in [-0.1, -0.05) is 18.2 Å². The van der Waals surface area contributed by atoms with Crippen molar-refractivity contribution in [2.24, 2.45) is 0 Å². The van der Waals surface area contributed by atoms with Crippen LogP contribution in [0.15, 0.2) is 30.3 Å². The minimum Gasteiger partial charge on any atom is -0.475 e. The third-order valence-corrected chi connectivity index (χ3v) is 4.69. The van der Waals surface area contributed by atoms with Crippen LogP contribution >= 0.6 is 11.8 Å². The van der Waals surface area contributed by atoms with E-state index in [-0.39, 0.29) is 5.91 Å². The number of carbonyl (C=O) groups is 1. The van der Waals surface area contributed by atoms with Gasteiger partial charge in [0.1, 0.15) is 12.3 Å². The molecule has 122 valence electrons. The third kappa shape index (κ3) is 3.76. The van der Waals surface area contributed by atoms with Crippen LogP contribution in [0, 0.1) is 0 Å². The summed E-state index contributed by atoms with van der Waals surface area (Å²) < 4.78 is 10.7.